The number of ether oxygens (including phenoxy) is 1. The van der Waals surface area contributed by atoms with Crippen LogP contribution in [0.1, 0.15) is 49.8 Å². The number of nitrogen functional groups attached to an aromatic ring is 1. The van der Waals surface area contributed by atoms with Crippen molar-refractivity contribution in [2.75, 3.05) is 18.8 Å². The number of piperazine rings is 1. The predicted octanol–water partition coefficient (Wildman–Crippen LogP) is 3.31. The van der Waals surface area contributed by atoms with Crippen molar-refractivity contribution in [1.29, 1.82) is 0 Å². The third-order valence-electron chi connectivity index (χ3n) is 5.64. The van der Waals surface area contributed by atoms with E-state index in [1.54, 1.807) is 6.20 Å². The summed E-state index contributed by atoms with van der Waals surface area (Å²) < 4.78 is 11.1. The van der Waals surface area contributed by atoms with Crippen molar-refractivity contribution < 1.29 is 14.1 Å². The van der Waals surface area contributed by atoms with Crippen LogP contribution in [0.25, 0.3) is 11.1 Å². The topological polar surface area (TPSA) is 119 Å². The number of pyridine rings is 1. The van der Waals surface area contributed by atoms with Crippen LogP contribution in [-0.2, 0) is 13.0 Å². The van der Waals surface area contributed by atoms with Crippen molar-refractivity contribution in [2.24, 2.45) is 5.92 Å². The van der Waals surface area contributed by atoms with E-state index < -0.39 is 0 Å². The summed E-state index contributed by atoms with van der Waals surface area (Å²) in [5.41, 5.74) is 8.42. The molecule has 3 aromatic rings. The molecule has 0 saturated carbocycles. The second kappa shape index (κ2) is 10.2. The van der Waals surface area contributed by atoms with Gasteiger partial charge in [-0.15, -0.1) is 0 Å². The van der Waals surface area contributed by atoms with Gasteiger partial charge in [-0.2, -0.15) is 4.98 Å². The van der Waals surface area contributed by atoms with E-state index in [1.807, 2.05) is 35.2 Å². The highest BCUT2D eigenvalue weighted by molar-refractivity contribution is 5.95. The summed E-state index contributed by atoms with van der Waals surface area (Å²) in [6.07, 6.45) is 2.43. The number of carbonyl (C=O) groups excluding carboxylic acids is 1. The molecule has 2 aromatic heterocycles. The summed E-state index contributed by atoms with van der Waals surface area (Å²) in [4.78, 5) is 23.5. The SMILES string of the molecule is CC(C)Cc1noc(COc2cc(-c3ccc(C(=O)N4CC(C)NC(C)C4)cc3)cnc2N)n1. The number of benzene rings is 1. The normalized spacial score (nSPS) is 18.3. The third kappa shape index (κ3) is 5.72. The third-order valence-corrected chi connectivity index (χ3v) is 5.64. The summed E-state index contributed by atoms with van der Waals surface area (Å²) in [5, 5.41) is 7.42. The molecule has 2 atom stereocenters. The number of anilines is 1. The Morgan fingerprint density at radius 3 is 2.59 bits per heavy atom. The van der Waals surface area contributed by atoms with Crippen LogP contribution in [0.3, 0.4) is 0 Å². The maximum Gasteiger partial charge on any atom is 0.264 e. The van der Waals surface area contributed by atoms with E-state index in [4.69, 9.17) is 15.0 Å². The number of rotatable bonds is 7. The van der Waals surface area contributed by atoms with E-state index in [1.165, 1.54) is 0 Å². The second-order valence-electron chi connectivity index (χ2n) is 9.35. The molecule has 3 N–H and O–H groups in total. The Balaban J connectivity index is 1.43. The average Bonchev–Trinajstić information content (AvgIpc) is 3.24. The van der Waals surface area contributed by atoms with Gasteiger partial charge in [-0.25, -0.2) is 4.98 Å². The van der Waals surface area contributed by atoms with Crippen LogP contribution in [-0.4, -0.2) is 51.1 Å². The number of amides is 1. The van der Waals surface area contributed by atoms with Crippen LogP contribution < -0.4 is 15.8 Å². The number of hydrogen-bond acceptors (Lipinski definition) is 8. The lowest BCUT2D eigenvalue weighted by Gasteiger charge is -2.36. The second-order valence-corrected chi connectivity index (χ2v) is 9.35. The van der Waals surface area contributed by atoms with Crippen molar-refractivity contribution >= 4 is 11.7 Å². The lowest BCUT2D eigenvalue weighted by molar-refractivity contribution is 0.0674. The quantitative estimate of drug-likeness (QED) is 0.547. The molecule has 0 spiro atoms. The van der Waals surface area contributed by atoms with Gasteiger partial charge in [-0.05, 0) is 43.5 Å². The van der Waals surface area contributed by atoms with Crippen LogP contribution >= 0.6 is 0 Å². The molecular weight excluding hydrogens is 432 g/mol. The van der Waals surface area contributed by atoms with Crippen LogP contribution in [0, 0.1) is 5.92 Å². The number of carbonyl (C=O) groups is 1. The van der Waals surface area contributed by atoms with E-state index in [2.05, 4.69) is 48.1 Å². The summed E-state index contributed by atoms with van der Waals surface area (Å²) in [5.74, 6) is 2.24. The first kappa shape index (κ1) is 23.7. The molecule has 1 aromatic carbocycles. The first-order chi connectivity index (χ1) is 16.3. The van der Waals surface area contributed by atoms with E-state index in [0.29, 0.717) is 42.0 Å². The minimum Gasteiger partial charge on any atom is -0.480 e. The highest BCUT2D eigenvalue weighted by atomic mass is 16.5. The molecule has 1 fully saturated rings. The van der Waals surface area contributed by atoms with Gasteiger partial charge in [0.2, 0.25) is 0 Å². The van der Waals surface area contributed by atoms with E-state index >= 15 is 0 Å². The first-order valence-corrected chi connectivity index (χ1v) is 11.6. The molecular formula is C25H32N6O3. The smallest absolute Gasteiger partial charge is 0.264 e. The van der Waals surface area contributed by atoms with Gasteiger partial charge in [0.1, 0.15) is 0 Å². The van der Waals surface area contributed by atoms with E-state index in [-0.39, 0.29) is 30.4 Å². The fraction of sp³-hybridized carbons (Fsp3) is 0.440. The number of nitrogens with zero attached hydrogens (tertiary/aromatic N) is 4. The van der Waals surface area contributed by atoms with Crippen molar-refractivity contribution in [1.82, 2.24) is 25.3 Å². The maximum atomic E-state index is 12.9. The van der Waals surface area contributed by atoms with Crippen molar-refractivity contribution in [3.8, 4) is 16.9 Å². The van der Waals surface area contributed by atoms with Crippen LogP contribution in [0.15, 0.2) is 41.1 Å². The molecule has 9 nitrogen and oxygen atoms in total. The van der Waals surface area contributed by atoms with Gasteiger partial charge in [0, 0.05) is 48.9 Å². The molecule has 180 valence electrons. The summed E-state index contributed by atoms with van der Waals surface area (Å²) in [6, 6.07) is 9.90. The number of hydrogen-bond donors (Lipinski definition) is 2. The Morgan fingerprint density at radius 2 is 1.91 bits per heavy atom. The fourth-order valence-electron chi connectivity index (χ4n) is 4.15. The largest absolute Gasteiger partial charge is 0.480 e. The van der Waals surface area contributed by atoms with Gasteiger partial charge >= 0.3 is 0 Å². The molecule has 4 rings (SSSR count). The molecule has 34 heavy (non-hydrogen) atoms. The van der Waals surface area contributed by atoms with Gasteiger partial charge in [0.25, 0.3) is 11.8 Å². The number of nitrogens with two attached hydrogens (primary N) is 1. The van der Waals surface area contributed by atoms with Crippen LogP contribution in [0.2, 0.25) is 0 Å². The maximum absolute atomic E-state index is 12.9. The molecule has 1 saturated heterocycles. The average molecular weight is 465 g/mol. The summed E-state index contributed by atoms with van der Waals surface area (Å²) in [7, 11) is 0. The van der Waals surface area contributed by atoms with Crippen molar-refractivity contribution in [3.05, 3.63) is 53.8 Å². The molecule has 0 radical (unpaired) electrons. The lowest BCUT2D eigenvalue weighted by Crippen LogP contribution is -2.55. The van der Waals surface area contributed by atoms with E-state index in [9.17, 15) is 4.79 Å². The molecule has 3 heterocycles. The van der Waals surface area contributed by atoms with Crippen molar-refractivity contribution in [2.45, 2.75) is 52.8 Å². The molecule has 0 bridgehead atoms. The van der Waals surface area contributed by atoms with Crippen LogP contribution in [0.5, 0.6) is 5.75 Å². The van der Waals surface area contributed by atoms with Gasteiger partial charge in [-0.3, -0.25) is 4.79 Å². The van der Waals surface area contributed by atoms with Gasteiger partial charge < -0.3 is 25.2 Å². The molecule has 1 amide bonds. The van der Waals surface area contributed by atoms with E-state index in [0.717, 1.165) is 17.5 Å². The monoisotopic (exact) mass is 464 g/mol. The Bertz CT molecular complexity index is 1120. The molecule has 1 aliphatic rings. The zero-order chi connectivity index (χ0) is 24.2. The Kier molecular flexibility index (Phi) is 7.12. The van der Waals surface area contributed by atoms with Crippen molar-refractivity contribution in [3.63, 3.8) is 0 Å². The van der Waals surface area contributed by atoms with Gasteiger partial charge in [0.05, 0.1) is 0 Å². The predicted molar refractivity (Wildman–Crippen MR) is 129 cm³/mol. The minimum absolute atomic E-state index is 0.0441. The lowest BCUT2D eigenvalue weighted by atomic mass is 10.0. The molecule has 2 unspecified atom stereocenters. The zero-order valence-corrected chi connectivity index (χ0v) is 20.1. The number of nitrogens with one attached hydrogen (secondary N) is 1. The van der Waals surface area contributed by atoms with Crippen LogP contribution in [0.4, 0.5) is 5.82 Å². The highest BCUT2D eigenvalue weighted by Gasteiger charge is 2.25. The summed E-state index contributed by atoms with van der Waals surface area (Å²) >= 11 is 0. The zero-order valence-electron chi connectivity index (χ0n) is 20.1. The van der Waals surface area contributed by atoms with Gasteiger partial charge in [-0.1, -0.05) is 31.1 Å². The highest BCUT2D eigenvalue weighted by Crippen LogP contribution is 2.28. The fourth-order valence-corrected chi connectivity index (χ4v) is 4.15. The van der Waals surface area contributed by atoms with Gasteiger partial charge in [0.15, 0.2) is 24.0 Å². The Hall–Kier alpha value is -3.46. The number of aromatic nitrogens is 3. The molecule has 9 heteroatoms. The standard InChI is InChI=1S/C25H32N6O3/c1-15(2)9-22-29-23(34-30-22)14-33-21-10-20(11-27-24(21)26)18-5-7-19(8-6-18)25(32)31-12-16(3)28-17(4)13-31/h5-8,10-11,15-17,28H,9,12-14H2,1-4H3,(H2,26,27). The Morgan fingerprint density at radius 1 is 1.21 bits per heavy atom. The molecule has 0 aliphatic carbocycles. The Labute approximate surface area is 199 Å². The summed E-state index contributed by atoms with van der Waals surface area (Å²) in [6.45, 7) is 9.89. The minimum atomic E-state index is 0.0441. The first-order valence-electron chi connectivity index (χ1n) is 11.6. The molecule has 1 aliphatic heterocycles.